The zero-order chi connectivity index (χ0) is 17.3. The summed E-state index contributed by atoms with van der Waals surface area (Å²) in [6.07, 6.45) is 2.48. The number of methoxy groups -OCH3 is 1. The lowest BCUT2D eigenvalue weighted by Gasteiger charge is -2.16. The summed E-state index contributed by atoms with van der Waals surface area (Å²) in [4.78, 5) is 14.7. The van der Waals surface area contributed by atoms with Gasteiger partial charge in [-0.25, -0.2) is 0 Å². The monoisotopic (exact) mass is 323 g/mol. The highest BCUT2D eigenvalue weighted by Gasteiger charge is 2.26. The van der Waals surface area contributed by atoms with E-state index < -0.39 is 0 Å². The van der Waals surface area contributed by atoms with Gasteiger partial charge in [0, 0.05) is 36.8 Å². The zero-order valence-corrected chi connectivity index (χ0v) is 14.2. The van der Waals surface area contributed by atoms with Gasteiger partial charge >= 0.3 is 0 Å². The van der Waals surface area contributed by atoms with E-state index in [1.54, 1.807) is 6.07 Å². The number of anilines is 1. The van der Waals surface area contributed by atoms with E-state index in [9.17, 15) is 9.90 Å². The molecular formula is C20H21NO3. The van der Waals surface area contributed by atoms with E-state index in [0.29, 0.717) is 17.7 Å². The molecule has 0 atom stereocenters. The number of benzene rings is 2. The Bertz CT molecular complexity index is 806. The van der Waals surface area contributed by atoms with E-state index in [1.807, 2.05) is 25.3 Å². The van der Waals surface area contributed by atoms with Gasteiger partial charge in [-0.1, -0.05) is 12.1 Å². The van der Waals surface area contributed by atoms with Crippen LogP contribution in [0, 0.1) is 0 Å². The van der Waals surface area contributed by atoms with Crippen molar-refractivity contribution in [3.63, 3.8) is 0 Å². The fourth-order valence-electron chi connectivity index (χ4n) is 2.92. The first-order chi connectivity index (χ1) is 11.5. The van der Waals surface area contributed by atoms with Gasteiger partial charge in [0.05, 0.1) is 7.11 Å². The van der Waals surface area contributed by atoms with E-state index >= 15 is 0 Å². The van der Waals surface area contributed by atoms with Crippen molar-refractivity contribution in [1.82, 2.24) is 0 Å². The molecule has 3 rings (SSSR count). The summed E-state index contributed by atoms with van der Waals surface area (Å²) in [5.74, 6) is 0.366. The van der Waals surface area contributed by atoms with Gasteiger partial charge in [-0.05, 0) is 48.4 Å². The quantitative estimate of drug-likeness (QED) is 0.872. The summed E-state index contributed by atoms with van der Waals surface area (Å²) in [7, 11) is 3.55. The number of ketones is 1. The average molecular weight is 323 g/mol. The molecule has 0 bridgehead atoms. The van der Waals surface area contributed by atoms with E-state index in [0.717, 1.165) is 28.9 Å². The minimum atomic E-state index is -0.0299. The third-order valence-corrected chi connectivity index (χ3v) is 4.47. The lowest BCUT2D eigenvalue weighted by Crippen LogP contribution is -2.15. The molecule has 0 radical (unpaired) electrons. The van der Waals surface area contributed by atoms with Crippen molar-refractivity contribution in [3.05, 3.63) is 58.7 Å². The maximum atomic E-state index is 12.5. The lowest BCUT2D eigenvalue weighted by atomic mass is 10.1. The summed E-state index contributed by atoms with van der Waals surface area (Å²) < 4.78 is 5.12. The average Bonchev–Trinajstić information content (AvgIpc) is 2.89. The Morgan fingerprint density at radius 1 is 1.25 bits per heavy atom. The number of carbonyl (C=O) groups excluding carboxylic acids is 1. The van der Waals surface area contributed by atoms with E-state index in [1.165, 1.54) is 13.2 Å². The Labute approximate surface area is 142 Å². The topological polar surface area (TPSA) is 49.8 Å². The van der Waals surface area contributed by atoms with E-state index in [4.69, 9.17) is 4.74 Å². The smallest absolute Gasteiger partial charge is 0.189 e. The number of ether oxygens (including phenoxy) is 1. The molecule has 0 fully saturated rings. The lowest BCUT2D eigenvalue weighted by molar-refractivity contribution is 0.104. The second kappa shape index (κ2) is 6.40. The number of carbonyl (C=O) groups is 1. The highest BCUT2D eigenvalue weighted by atomic mass is 16.5. The summed E-state index contributed by atoms with van der Waals surface area (Å²) in [6, 6.07) is 11.4. The SMILES string of the molecule is CCN(C)c1ccc(/C=C2\Cc3cc(OC)c(O)cc3C2=O)cc1. The van der Waals surface area contributed by atoms with Crippen LogP contribution in [0.3, 0.4) is 0 Å². The van der Waals surface area contributed by atoms with Crippen molar-refractivity contribution >= 4 is 17.5 Å². The molecule has 1 aliphatic rings. The largest absolute Gasteiger partial charge is 0.504 e. The number of aromatic hydroxyl groups is 1. The number of fused-ring (bicyclic) bond motifs is 1. The second-order valence-corrected chi connectivity index (χ2v) is 5.96. The molecule has 0 aliphatic heterocycles. The van der Waals surface area contributed by atoms with Crippen LogP contribution in [0.15, 0.2) is 42.0 Å². The summed E-state index contributed by atoms with van der Waals surface area (Å²) in [6.45, 7) is 3.05. The van der Waals surface area contributed by atoms with Crippen molar-refractivity contribution < 1.29 is 14.6 Å². The van der Waals surface area contributed by atoms with Crippen molar-refractivity contribution in [2.75, 3.05) is 25.6 Å². The van der Waals surface area contributed by atoms with Crippen LogP contribution in [-0.2, 0) is 6.42 Å². The summed E-state index contributed by atoms with van der Waals surface area (Å²) >= 11 is 0. The molecule has 24 heavy (non-hydrogen) atoms. The first-order valence-corrected chi connectivity index (χ1v) is 7.99. The molecule has 2 aromatic rings. The van der Waals surface area contributed by atoms with Crippen molar-refractivity contribution in [3.8, 4) is 11.5 Å². The third kappa shape index (κ3) is 2.87. The van der Waals surface area contributed by atoms with Gasteiger partial charge in [-0.2, -0.15) is 0 Å². The molecule has 1 aliphatic carbocycles. The van der Waals surface area contributed by atoms with E-state index in [-0.39, 0.29) is 11.5 Å². The Balaban J connectivity index is 1.88. The molecule has 2 aromatic carbocycles. The maximum Gasteiger partial charge on any atom is 0.189 e. The van der Waals surface area contributed by atoms with Crippen LogP contribution in [-0.4, -0.2) is 31.6 Å². The Morgan fingerprint density at radius 2 is 1.96 bits per heavy atom. The van der Waals surface area contributed by atoms with Crippen LogP contribution >= 0.6 is 0 Å². The van der Waals surface area contributed by atoms with E-state index in [2.05, 4.69) is 24.0 Å². The van der Waals surface area contributed by atoms with Crippen molar-refractivity contribution in [2.24, 2.45) is 0 Å². The Kier molecular flexibility index (Phi) is 4.30. The molecule has 0 saturated carbocycles. The fraction of sp³-hybridized carbons (Fsp3) is 0.250. The van der Waals surface area contributed by atoms with Gasteiger partial charge in [0.25, 0.3) is 0 Å². The molecule has 0 spiro atoms. The van der Waals surface area contributed by atoms with Gasteiger partial charge in [-0.15, -0.1) is 0 Å². The summed E-state index contributed by atoms with van der Waals surface area (Å²) in [5, 5.41) is 9.87. The number of hydrogen-bond donors (Lipinski definition) is 1. The van der Waals surface area contributed by atoms with Crippen LogP contribution in [0.5, 0.6) is 11.5 Å². The number of phenols is 1. The Morgan fingerprint density at radius 3 is 2.58 bits per heavy atom. The number of allylic oxidation sites excluding steroid dienone is 1. The third-order valence-electron chi connectivity index (χ3n) is 4.47. The van der Waals surface area contributed by atoms with Crippen LogP contribution in [0.25, 0.3) is 6.08 Å². The van der Waals surface area contributed by atoms with Crippen molar-refractivity contribution in [1.29, 1.82) is 0 Å². The predicted molar refractivity (Wildman–Crippen MR) is 96.1 cm³/mol. The molecule has 4 nitrogen and oxygen atoms in total. The van der Waals surface area contributed by atoms with Gasteiger partial charge in [0.2, 0.25) is 0 Å². The molecule has 124 valence electrons. The Hall–Kier alpha value is -2.75. The minimum absolute atomic E-state index is 0.00203. The molecule has 0 heterocycles. The van der Waals surface area contributed by atoms with Gasteiger partial charge in [0.15, 0.2) is 17.3 Å². The maximum absolute atomic E-state index is 12.5. The van der Waals surface area contributed by atoms with Crippen LogP contribution in [0.4, 0.5) is 5.69 Å². The first-order valence-electron chi connectivity index (χ1n) is 7.99. The molecule has 0 unspecified atom stereocenters. The standard InChI is InChI=1S/C20H21NO3/c1-4-21(2)16-7-5-13(6-8-16)9-15-10-14-11-19(24-3)18(22)12-17(14)20(15)23/h5-9,11-12,22H,4,10H2,1-3H3/b15-9+. The van der Waals surface area contributed by atoms with Crippen LogP contribution in [0.1, 0.15) is 28.4 Å². The first kappa shape index (κ1) is 16.1. The minimum Gasteiger partial charge on any atom is -0.504 e. The number of hydrogen-bond acceptors (Lipinski definition) is 4. The second-order valence-electron chi connectivity index (χ2n) is 5.96. The highest BCUT2D eigenvalue weighted by molar-refractivity contribution is 6.15. The summed E-state index contributed by atoms with van der Waals surface area (Å²) in [5.41, 5.74) is 4.32. The number of rotatable bonds is 4. The molecule has 0 amide bonds. The zero-order valence-electron chi connectivity index (χ0n) is 14.2. The number of Topliss-reactive ketones (excluding diaryl/α,β-unsaturated/α-hetero) is 1. The van der Waals surface area contributed by atoms with Gasteiger partial charge in [0.1, 0.15) is 0 Å². The van der Waals surface area contributed by atoms with Crippen LogP contribution < -0.4 is 9.64 Å². The number of phenolic OH excluding ortho intramolecular Hbond substituents is 1. The predicted octanol–water partition coefficient (Wildman–Crippen LogP) is 3.68. The fourth-order valence-corrected chi connectivity index (χ4v) is 2.92. The van der Waals surface area contributed by atoms with Gasteiger partial charge in [-0.3, -0.25) is 4.79 Å². The highest BCUT2D eigenvalue weighted by Crippen LogP contribution is 2.36. The molecule has 1 N–H and O–H groups in total. The number of nitrogens with zero attached hydrogens (tertiary/aromatic N) is 1. The molecule has 4 heteroatoms. The molecular weight excluding hydrogens is 302 g/mol. The molecule has 0 aromatic heterocycles. The van der Waals surface area contributed by atoms with Crippen molar-refractivity contribution in [2.45, 2.75) is 13.3 Å². The molecule has 0 saturated heterocycles. The van der Waals surface area contributed by atoms with Crippen LogP contribution in [0.2, 0.25) is 0 Å². The van der Waals surface area contributed by atoms with Gasteiger partial charge < -0.3 is 14.7 Å². The normalized spacial score (nSPS) is 14.8.